The van der Waals surface area contributed by atoms with Crippen molar-refractivity contribution in [1.29, 1.82) is 0 Å². The predicted molar refractivity (Wildman–Crippen MR) is 171 cm³/mol. The number of phosphoric acid groups is 1. The van der Waals surface area contributed by atoms with Gasteiger partial charge in [-0.05, 0) is 12.8 Å². The third-order valence-corrected chi connectivity index (χ3v) is 7.28. The van der Waals surface area contributed by atoms with Crippen LogP contribution in [0.15, 0.2) is 0 Å². The third-order valence-electron chi connectivity index (χ3n) is 7.28. The van der Waals surface area contributed by atoms with Crippen LogP contribution in [0.3, 0.4) is 0 Å². The zero-order valence-corrected chi connectivity index (χ0v) is 27.4. The summed E-state index contributed by atoms with van der Waals surface area (Å²) >= 11 is 0. The number of rotatable bonds is 30. The summed E-state index contributed by atoms with van der Waals surface area (Å²) in [7, 11) is -4.64. The van der Waals surface area contributed by atoms with E-state index < -0.39 is 7.82 Å². The fraction of sp³-hybridized carbons (Fsp3) is 1.00. The Kier molecular flexibility index (Phi) is 42.4. The maximum absolute atomic E-state index is 8.88. The van der Waals surface area contributed by atoms with E-state index in [-0.39, 0.29) is 6.15 Å². The van der Waals surface area contributed by atoms with Gasteiger partial charge in [0, 0.05) is 13.2 Å². The summed E-state index contributed by atoms with van der Waals surface area (Å²) in [5.41, 5.74) is 0. The fourth-order valence-corrected chi connectivity index (χ4v) is 4.90. The molecule has 0 radical (unpaired) electrons. The number of ether oxygens (including phenoxy) is 1. The highest BCUT2D eigenvalue weighted by Gasteiger charge is 2.00. The first-order valence-corrected chi connectivity index (χ1v) is 18.3. The maximum atomic E-state index is 8.88. The lowest BCUT2D eigenvalue weighted by Gasteiger charge is -2.05. The SMILES string of the molecule is CCCCCCCCCCCCCCCCOCCCCCCCCCCCCCCCC.N.O=P(O)(O)O. The summed E-state index contributed by atoms with van der Waals surface area (Å²) in [6.07, 6.45) is 40.1. The van der Waals surface area contributed by atoms with Crippen LogP contribution in [0.2, 0.25) is 0 Å². The highest BCUT2D eigenvalue weighted by molar-refractivity contribution is 7.45. The Balaban J connectivity index is -0.00000196. The first-order valence-electron chi connectivity index (χ1n) is 16.8. The van der Waals surface area contributed by atoms with E-state index in [1.165, 1.54) is 180 Å². The average Bonchev–Trinajstić information content (AvgIpc) is 2.87. The van der Waals surface area contributed by atoms with Crippen LogP contribution in [0.25, 0.3) is 0 Å². The van der Waals surface area contributed by atoms with Crippen LogP contribution < -0.4 is 6.15 Å². The van der Waals surface area contributed by atoms with Crippen LogP contribution in [0, 0.1) is 0 Å². The molecule has 0 spiro atoms. The molecule has 39 heavy (non-hydrogen) atoms. The Morgan fingerprint density at radius 3 is 0.718 bits per heavy atom. The summed E-state index contributed by atoms with van der Waals surface area (Å²) in [6, 6.07) is 0. The third kappa shape index (κ3) is 54.7. The second kappa shape index (κ2) is 38.0. The van der Waals surface area contributed by atoms with Crippen LogP contribution in [0.5, 0.6) is 0 Å². The van der Waals surface area contributed by atoms with Crippen molar-refractivity contribution < 1.29 is 24.0 Å². The van der Waals surface area contributed by atoms with Gasteiger partial charge in [0.05, 0.1) is 0 Å². The van der Waals surface area contributed by atoms with Crippen molar-refractivity contribution in [3.05, 3.63) is 0 Å². The van der Waals surface area contributed by atoms with Gasteiger partial charge in [-0.25, -0.2) is 4.57 Å². The largest absolute Gasteiger partial charge is 0.466 e. The standard InChI is InChI=1S/C32H66O.H3N.H3O4P/c1-3-5-7-9-11-13-15-17-19-21-23-25-27-29-31-33-32-30-28-26-24-22-20-18-16-14-12-10-8-6-4-2;;1-5(2,3)4/h3-32H2,1-2H3;1H3;(H3,1,2,3,4). The molecule has 0 rings (SSSR count). The van der Waals surface area contributed by atoms with E-state index >= 15 is 0 Å². The summed E-state index contributed by atoms with van der Waals surface area (Å²) in [4.78, 5) is 21.6. The summed E-state index contributed by atoms with van der Waals surface area (Å²) in [5, 5.41) is 0. The van der Waals surface area contributed by atoms with Gasteiger partial charge in [0.1, 0.15) is 0 Å². The van der Waals surface area contributed by atoms with E-state index in [1.54, 1.807) is 0 Å². The average molecular weight is 582 g/mol. The Morgan fingerprint density at radius 2 is 0.538 bits per heavy atom. The van der Waals surface area contributed by atoms with Gasteiger partial charge in [0.15, 0.2) is 0 Å². The Morgan fingerprint density at radius 1 is 0.385 bits per heavy atom. The van der Waals surface area contributed by atoms with Crippen molar-refractivity contribution in [2.75, 3.05) is 13.2 Å². The summed E-state index contributed by atoms with van der Waals surface area (Å²) in [5.74, 6) is 0. The minimum absolute atomic E-state index is 0. The molecule has 6 nitrogen and oxygen atoms in total. The molecule has 7 heteroatoms. The molecule has 0 heterocycles. The Labute approximate surface area is 244 Å². The monoisotopic (exact) mass is 582 g/mol. The highest BCUT2D eigenvalue weighted by atomic mass is 31.2. The maximum Gasteiger partial charge on any atom is 0.466 e. The van der Waals surface area contributed by atoms with E-state index in [0.29, 0.717) is 0 Å². The molecule has 0 atom stereocenters. The molecule has 0 fully saturated rings. The Hall–Kier alpha value is 0.0300. The topological polar surface area (TPSA) is 122 Å². The number of hydrogen-bond acceptors (Lipinski definition) is 3. The second-order valence-corrected chi connectivity index (χ2v) is 12.3. The van der Waals surface area contributed by atoms with Crippen molar-refractivity contribution in [3.8, 4) is 0 Å². The number of hydrogen-bond donors (Lipinski definition) is 4. The second-order valence-electron chi connectivity index (χ2n) is 11.3. The van der Waals surface area contributed by atoms with Crippen molar-refractivity contribution in [2.24, 2.45) is 0 Å². The van der Waals surface area contributed by atoms with Crippen LogP contribution in [0.4, 0.5) is 0 Å². The molecule has 0 amide bonds. The minimum atomic E-state index is -4.64. The van der Waals surface area contributed by atoms with E-state index in [4.69, 9.17) is 24.0 Å². The van der Waals surface area contributed by atoms with E-state index in [2.05, 4.69) is 13.8 Å². The van der Waals surface area contributed by atoms with Crippen molar-refractivity contribution in [1.82, 2.24) is 6.15 Å². The molecule has 0 aliphatic carbocycles. The van der Waals surface area contributed by atoms with Gasteiger partial charge in [-0.3, -0.25) is 0 Å². The molecule has 0 unspecified atom stereocenters. The molecular weight excluding hydrogens is 509 g/mol. The fourth-order valence-electron chi connectivity index (χ4n) is 4.90. The molecule has 0 aromatic carbocycles. The van der Waals surface area contributed by atoms with Crippen LogP contribution in [-0.4, -0.2) is 27.9 Å². The molecule has 0 bridgehead atoms. The number of unbranched alkanes of at least 4 members (excludes halogenated alkanes) is 26. The first-order chi connectivity index (χ1) is 18.4. The molecule has 0 aliphatic heterocycles. The van der Waals surface area contributed by atoms with Gasteiger partial charge < -0.3 is 25.6 Å². The van der Waals surface area contributed by atoms with Crippen molar-refractivity contribution in [2.45, 2.75) is 194 Å². The zero-order valence-electron chi connectivity index (χ0n) is 26.5. The summed E-state index contributed by atoms with van der Waals surface area (Å²) in [6.45, 7) is 6.59. The van der Waals surface area contributed by atoms with Gasteiger partial charge in [-0.1, -0.05) is 181 Å². The normalized spacial score (nSPS) is 11.2. The molecule has 0 aromatic rings. The van der Waals surface area contributed by atoms with Crippen molar-refractivity contribution in [3.63, 3.8) is 0 Å². The van der Waals surface area contributed by atoms with Crippen molar-refractivity contribution >= 4 is 7.82 Å². The molecule has 0 aromatic heterocycles. The van der Waals surface area contributed by atoms with Gasteiger partial charge in [-0.2, -0.15) is 0 Å². The lowest BCUT2D eigenvalue weighted by atomic mass is 10.0. The van der Waals surface area contributed by atoms with Crippen LogP contribution in [-0.2, 0) is 9.30 Å². The lowest BCUT2D eigenvalue weighted by molar-refractivity contribution is 0.125. The summed E-state index contributed by atoms with van der Waals surface area (Å²) < 4.78 is 14.7. The van der Waals surface area contributed by atoms with Crippen LogP contribution in [0.1, 0.15) is 194 Å². The smallest absolute Gasteiger partial charge is 0.381 e. The molecule has 240 valence electrons. The van der Waals surface area contributed by atoms with E-state index in [9.17, 15) is 0 Å². The molecule has 0 saturated heterocycles. The van der Waals surface area contributed by atoms with Gasteiger partial charge in [-0.15, -0.1) is 0 Å². The van der Waals surface area contributed by atoms with Gasteiger partial charge in [0.2, 0.25) is 0 Å². The van der Waals surface area contributed by atoms with Crippen LogP contribution >= 0.6 is 7.82 Å². The van der Waals surface area contributed by atoms with Gasteiger partial charge in [0.25, 0.3) is 0 Å². The first kappa shape index (κ1) is 43.5. The Bertz CT molecular complexity index is 424. The quantitative estimate of drug-likeness (QED) is 0.0494. The highest BCUT2D eigenvalue weighted by Crippen LogP contribution is 2.25. The molecular formula is C32H72NO5P. The molecule has 0 saturated carbocycles. The molecule has 0 aliphatic rings. The van der Waals surface area contributed by atoms with Gasteiger partial charge >= 0.3 is 7.82 Å². The van der Waals surface area contributed by atoms with E-state index in [1.807, 2.05) is 0 Å². The molecule has 6 N–H and O–H groups in total. The zero-order chi connectivity index (χ0) is 28.4. The predicted octanol–water partition coefficient (Wildman–Crippen LogP) is 11.2. The minimum Gasteiger partial charge on any atom is -0.381 e. The lowest BCUT2D eigenvalue weighted by Crippen LogP contribution is -1.97. The van der Waals surface area contributed by atoms with E-state index in [0.717, 1.165) is 13.2 Å².